The minimum absolute atomic E-state index is 0.0790. The van der Waals surface area contributed by atoms with Crippen LogP contribution in [0.5, 0.6) is 0 Å². The third kappa shape index (κ3) is 8.11. The van der Waals surface area contributed by atoms with Gasteiger partial charge in [0.15, 0.2) is 0 Å². The quantitative estimate of drug-likeness (QED) is 0.215. The number of hydrogen-bond donors (Lipinski definition) is 1. The highest BCUT2D eigenvalue weighted by Crippen LogP contribution is 2.25. The first kappa shape index (κ1) is 31.5. The van der Waals surface area contributed by atoms with Crippen molar-refractivity contribution in [2.45, 2.75) is 51.1 Å². The van der Waals surface area contributed by atoms with Crippen molar-refractivity contribution in [1.29, 1.82) is 0 Å². The van der Waals surface area contributed by atoms with E-state index in [9.17, 15) is 18.0 Å². The van der Waals surface area contributed by atoms with Crippen molar-refractivity contribution in [3.05, 3.63) is 131 Å². The van der Waals surface area contributed by atoms with E-state index in [0.717, 1.165) is 33.0 Å². The SMILES string of the molecule is CCCNC(=O)[C@@H](Cc1ccccc1)N(Cc1ccccc1C)C(=O)CN(c1ccc(C)cc1)S(=O)(=O)c1ccccc1. The van der Waals surface area contributed by atoms with E-state index in [0.29, 0.717) is 12.2 Å². The van der Waals surface area contributed by atoms with Crippen LogP contribution in [0.3, 0.4) is 0 Å². The maximum atomic E-state index is 14.4. The molecular weight excluding hydrogens is 558 g/mol. The Hall–Kier alpha value is -4.43. The maximum absolute atomic E-state index is 14.4. The van der Waals surface area contributed by atoms with Gasteiger partial charge in [-0.2, -0.15) is 0 Å². The van der Waals surface area contributed by atoms with Gasteiger partial charge in [-0.25, -0.2) is 8.42 Å². The summed E-state index contributed by atoms with van der Waals surface area (Å²) in [5, 5.41) is 2.97. The smallest absolute Gasteiger partial charge is 0.264 e. The first-order valence-electron chi connectivity index (χ1n) is 14.5. The summed E-state index contributed by atoms with van der Waals surface area (Å²) in [6.45, 7) is 5.98. The van der Waals surface area contributed by atoms with Crippen molar-refractivity contribution < 1.29 is 18.0 Å². The number of amides is 2. The lowest BCUT2D eigenvalue weighted by Gasteiger charge is -2.34. The lowest BCUT2D eigenvalue weighted by Crippen LogP contribution is -2.53. The number of nitrogens with zero attached hydrogens (tertiary/aromatic N) is 2. The number of nitrogens with one attached hydrogen (secondary N) is 1. The molecule has 2 amide bonds. The molecule has 1 atom stereocenters. The molecule has 7 nitrogen and oxygen atoms in total. The number of aryl methyl sites for hydroxylation is 2. The molecule has 0 aliphatic rings. The van der Waals surface area contributed by atoms with E-state index in [1.165, 1.54) is 17.0 Å². The van der Waals surface area contributed by atoms with Crippen LogP contribution in [0, 0.1) is 13.8 Å². The zero-order valence-corrected chi connectivity index (χ0v) is 25.8. The fourth-order valence-electron chi connectivity index (χ4n) is 4.85. The molecule has 8 heteroatoms. The Morgan fingerprint density at radius 3 is 2.02 bits per heavy atom. The number of anilines is 1. The fraction of sp³-hybridized carbons (Fsp3) is 0.257. The molecule has 0 saturated heterocycles. The van der Waals surface area contributed by atoms with Crippen LogP contribution in [-0.4, -0.2) is 44.3 Å². The van der Waals surface area contributed by atoms with Crippen LogP contribution in [0.25, 0.3) is 0 Å². The van der Waals surface area contributed by atoms with Gasteiger partial charge in [0.25, 0.3) is 10.0 Å². The number of rotatable bonds is 13. The van der Waals surface area contributed by atoms with Crippen LogP contribution in [0.2, 0.25) is 0 Å². The Balaban J connectivity index is 1.79. The molecule has 224 valence electrons. The molecule has 0 aromatic heterocycles. The fourth-order valence-corrected chi connectivity index (χ4v) is 6.29. The largest absolute Gasteiger partial charge is 0.354 e. The Morgan fingerprint density at radius 2 is 1.40 bits per heavy atom. The number of carbonyl (C=O) groups excluding carboxylic acids is 2. The standard InChI is InChI=1S/C35H39N3O4S/c1-4-23-36-35(40)33(24-29-14-7-5-8-15-29)37(25-30-16-12-11-13-28(30)3)34(39)26-38(31-21-19-27(2)20-22-31)43(41,42)32-17-9-6-10-18-32/h5-22,33H,4,23-26H2,1-3H3,(H,36,40)/t33-/m1/s1. The van der Waals surface area contributed by atoms with Crippen LogP contribution in [0.15, 0.2) is 114 Å². The molecule has 0 aliphatic heterocycles. The summed E-state index contributed by atoms with van der Waals surface area (Å²) in [7, 11) is -4.11. The summed E-state index contributed by atoms with van der Waals surface area (Å²) in [6, 6.07) is 31.5. The van der Waals surface area contributed by atoms with Crippen molar-refractivity contribution in [1.82, 2.24) is 10.2 Å². The molecule has 4 aromatic carbocycles. The van der Waals surface area contributed by atoms with Gasteiger partial charge in [-0.05, 0) is 61.2 Å². The third-order valence-corrected chi connectivity index (χ3v) is 9.14. The van der Waals surface area contributed by atoms with Crippen LogP contribution in [-0.2, 0) is 32.6 Å². The summed E-state index contributed by atoms with van der Waals surface area (Å²) < 4.78 is 29.1. The molecule has 43 heavy (non-hydrogen) atoms. The highest BCUT2D eigenvalue weighted by atomic mass is 32.2. The number of hydrogen-bond acceptors (Lipinski definition) is 4. The van der Waals surface area contributed by atoms with Crippen molar-refractivity contribution in [2.24, 2.45) is 0 Å². The van der Waals surface area contributed by atoms with E-state index in [2.05, 4.69) is 5.32 Å². The van der Waals surface area contributed by atoms with Gasteiger partial charge in [0.1, 0.15) is 12.6 Å². The van der Waals surface area contributed by atoms with Gasteiger partial charge in [-0.3, -0.25) is 13.9 Å². The van der Waals surface area contributed by atoms with E-state index in [-0.39, 0.29) is 23.8 Å². The average Bonchev–Trinajstić information content (AvgIpc) is 3.02. The summed E-state index contributed by atoms with van der Waals surface area (Å²) in [5.74, 6) is -0.753. The van der Waals surface area contributed by atoms with Crippen molar-refractivity contribution in [2.75, 3.05) is 17.4 Å². The minimum Gasteiger partial charge on any atom is -0.354 e. The lowest BCUT2D eigenvalue weighted by molar-refractivity contribution is -0.140. The number of sulfonamides is 1. The molecule has 4 rings (SSSR count). The summed E-state index contributed by atoms with van der Waals surface area (Å²) >= 11 is 0. The molecule has 0 aliphatic carbocycles. The molecule has 4 aromatic rings. The number of carbonyl (C=O) groups is 2. The molecule has 0 fully saturated rings. The predicted molar refractivity (Wildman–Crippen MR) is 171 cm³/mol. The van der Waals surface area contributed by atoms with E-state index < -0.39 is 28.5 Å². The third-order valence-electron chi connectivity index (χ3n) is 7.35. The topological polar surface area (TPSA) is 86.8 Å². The van der Waals surface area contributed by atoms with Crippen molar-refractivity contribution in [3.8, 4) is 0 Å². The highest BCUT2D eigenvalue weighted by Gasteiger charge is 2.34. The van der Waals surface area contributed by atoms with E-state index >= 15 is 0 Å². The van der Waals surface area contributed by atoms with Gasteiger partial charge in [-0.1, -0.05) is 97.4 Å². The Labute approximate surface area is 255 Å². The minimum atomic E-state index is -4.11. The normalized spacial score (nSPS) is 11.9. The maximum Gasteiger partial charge on any atom is 0.264 e. The highest BCUT2D eigenvalue weighted by molar-refractivity contribution is 7.92. The Kier molecular flexibility index (Phi) is 10.7. The van der Waals surface area contributed by atoms with Gasteiger partial charge in [0.2, 0.25) is 11.8 Å². The first-order valence-corrected chi connectivity index (χ1v) is 15.9. The molecule has 1 N–H and O–H groups in total. The molecule has 0 radical (unpaired) electrons. The Bertz CT molecular complexity index is 1610. The van der Waals surface area contributed by atoms with Gasteiger partial charge >= 0.3 is 0 Å². The van der Waals surface area contributed by atoms with E-state index in [4.69, 9.17) is 0 Å². The zero-order valence-electron chi connectivity index (χ0n) is 24.9. The molecular formula is C35H39N3O4S. The van der Waals surface area contributed by atoms with E-state index in [1.807, 2.05) is 87.5 Å². The lowest BCUT2D eigenvalue weighted by atomic mass is 10.0. The van der Waals surface area contributed by atoms with Crippen molar-refractivity contribution in [3.63, 3.8) is 0 Å². The summed E-state index contributed by atoms with van der Waals surface area (Å²) in [5.41, 5.74) is 4.08. The summed E-state index contributed by atoms with van der Waals surface area (Å²) in [6.07, 6.45) is 1.02. The van der Waals surface area contributed by atoms with Crippen LogP contribution in [0.1, 0.15) is 35.6 Å². The second-order valence-corrected chi connectivity index (χ2v) is 12.5. The zero-order chi connectivity index (χ0) is 30.8. The van der Waals surface area contributed by atoms with Crippen LogP contribution >= 0.6 is 0 Å². The monoisotopic (exact) mass is 597 g/mol. The predicted octanol–water partition coefficient (Wildman–Crippen LogP) is 5.67. The second kappa shape index (κ2) is 14.6. The van der Waals surface area contributed by atoms with Gasteiger partial charge in [0, 0.05) is 19.5 Å². The number of benzene rings is 4. The summed E-state index contributed by atoms with van der Waals surface area (Å²) in [4.78, 5) is 29.7. The molecule has 0 unspecified atom stereocenters. The van der Waals surface area contributed by atoms with Crippen molar-refractivity contribution >= 4 is 27.5 Å². The van der Waals surface area contributed by atoms with Gasteiger partial charge in [-0.15, -0.1) is 0 Å². The first-order chi connectivity index (χ1) is 20.7. The molecule has 0 saturated carbocycles. The van der Waals surface area contributed by atoms with Crippen LogP contribution < -0.4 is 9.62 Å². The van der Waals surface area contributed by atoms with E-state index in [1.54, 1.807) is 30.3 Å². The Morgan fingerprint density at radius 1 is 0.791 bits per heavy atom. The molecule has 0 bridgehead atoms. The molecule has 0 spiro atoms. The van der Waals surface area contributed by atoms with Gasteiger partial charge in [0.05, 0.1) is 10.6 Å². The molecule has 0 heterocycles. The van der Waals surface area contributed by atoms with Crippen LogP contribution in [0.4, 0.5) is 5.69 Å². The van der Waals surface area contributed by atoms with Gasteiger partial charge < -0.3 is 10.2 Å². The second-order valence-electron chi connectivity index (χ2n) is 10.6. The average molecular weight is 598 g/mol.